The van der Waals surface area contributed by atoms with Crippen LogP contribution < -0.4 is 10.6 Å². The fourth-order valence-electron chi connectivity index (χ4n) is 2.81. The van der Waals surface area contributed by atoms with Crippen LogP contribution in [0.4, 0.5) is 5.82 Å². The summed E-state index contributed by atoms with van der Waals surface area (Å²) in [5.41, 5.74) is 1.54. The minimum absolute atomic E-state index is 0.189. The van der Waals surface area contributed by atoms with Crippen molar-refractivity contribution in [3.8, 4) is 0 Å². The quantitative estimate of drug-likeness (QED) is 0.717. The zero-order valence-electron chi connectivity index (χ0n) is 15.2. The number of carbonyl (C=O) groups excluding carboxylic acids is 1. The standard InChI is InChI=1S/C19H24ClN5O2/c20-16-3-1-15(2-4-16)5-6-21-18-13-17(23-14-24-18)19(26)22-7-8-25-9-11-27-12-10-25/h1-4,13-14H,5-12H2,(H,22,26)(H,21,23,24). The fourth-order valence-corrected chi connectivity index (χ4v) is 2.93. The third-order valence-electron chi connectivity index (χ3n) is 4.35. The topological polar surface area (TPSA) is 79.4 Å². The summed E-state index contributed by atoms with van der Waals surface area (Å²) in [6.07, 6.45) is 2.24. The summed E-state index contributed by atoms with van der Waals surface area (Å²) >= 11 is 5.89. The number of morpholine rings is 1. The van der Waals surface area contributed by atoms with Gasteiger partial charge in [0.1, 0.15) is 17.8 Å². The highest BCUT2D eigenvalue weighted by atomic mass is 35.5. The fraction of sp³-hybridized carbons (Fsp3) is 0.421. The van der Waals surface area contributed by atoms with Crippen LogP contribution in [0.5, 0.6) is 0 Å². The highest BCUT2D eigenvalue weighted by Crippen LogP contribution is 2.10. The first-order valence-electron chi connectivity index (χ1n) is 9.09. The number of ether oxygens (including phenoxy) is 1. The molecule has 2 aromatic rings. The van der Waals surface area contributed by atoms with Gasteiger partial charge in [0.25, 0.3) is 5.91 Å². The van der Waals surface area contributed by atoms with Crippen molar-refractivity contribution in [3.63, 3.8) is 0 Å². The second kappa shape index (κ2) is 10.2. The van der Waals surface area contributed by atoms with Gasteiger partial charge < -0.3 is 15.4 Å². The molecule has 0 saturated carbocycles. The molecule has 8 heteroatoms. The second-order valence-electron chi connectivity index (χ2n) is 6.30. The van der Waals surface area contributed by atoms with E-state index in [1.54, 1.807) is 6.07 Å². The van der Waals surface area contributed by atoms with Crippen molar-refractivity contribution in [1.29, 1.82) is 0 Å². The lowest BCUT2D eigenvalue weighted by Crippen LogP contribution is -2.41. The molecule has 2 heterocycles. The summed E-state index contributed by atoms with van der Waals surface area (Å²) in [6.45, 7) is 5.43. The Morgan fingerprint density at radius 1 is 1.15 bits per heavy atom. The third kappa shape index (κ3) is 6.46. The molecule has 1 aliphatic rings. The zero-order chi connectivity index (χ0) is 18.9. The lowest BCUT2D eigenvalue weighted by atomic mass is 10.1. The van der Waals surface area contributed by atoms with Gasteiger partial charge in [0.15, 0.2) is 0 Å². The first-order chi connectivity index (χ1) is 13.2. The molecule has 0 spiro atoms. The minimum atomic E-state index is -0.189. The summed E-state index contributed by atoms with van der Waals surface area (Å²) in [7, 11) is 0. The molecule has 0 radical (unpaired) electrons. The van der Waals surface area contributed by atoms with Crippen molar-refractivity contribution >= 4 is 23.3 Å². The Morgan fingerprint density at radius 2 is 1.93 bits per heavy atom. The van der Waals surface area contributed by atoms with Crippen molar-refractivity contribution in [2.24, 2.45) is 0 Å². The lowest BCUT2D eigenvalue weighted by Gasteiger charge is -2.26. The van der Waals surface area contributed by atoms with Crippen LogP contribution in [0.1, 0.15) is 16.1 Å². The summed E-state index contributed by atoms with van der Waals surface area (Å²) < 4.78 is 5.32. The van der Waals surface area contributed by atoms with E-state index >= 15 is 0 Å². The van der Waals surface area contributed by atoms with Gasteiger partial charge in [-0.25, -0.2) is 9.97 Å². The van der Waals surface area contributed by atoms with E-state index in [9.17, 15) is 4.79 Å². The Hall–Kier alpha value is -2.22. The zero-order valence-corrected chi connectivity index (χ0v) is 15.9. The number of rotatable bonds is 8. The maximum atomic E-state index is 12.3. The average Bonchev–Trinajstić information content (AvgIpc) is 2.70. The summed E-state index contributed by atoms with van der Waals surface area (Å²) in [5.74, 6) is 0.448. The van der Waals surface area contributed by atoms with Crippen LogP contribution in [-0.4, -0.2) is 66.7 Å². The first-order valence-corrected chi connectivity index (χ1v) is 9.47. The van der Waals surface area contributed by atoms with E-state index in [1.807, 2.05) is 24.3 Å². The number of hydrogen-bond acceptors (Lipinski definition) is 6. The van der Waals surface area contributed by atoms with Gasteiger partial charge in [0, 0.05) is 43.8 Å². The third-order valence-corrected chi connectivity index (χ3v) is 4.60. The molecule has 144 valence electrons. The smallest absolute Gasteiger partial charge is 0.270 e. The molecule has 2 N–H and O–H groups in total. The predicted molar refractivity (Wildman–Crippen MR) is 105 cm³/mol. The van der Waals surface area contributed by atoms with Crippen molar-refractivity contribution < 1.29 is 9.53 Å². The maximum absolute atomic E-state index is 12.3. The molecular formula is C19H24ClN5O2. The predicted octanol–water partition coefficient (Wildman–Crippen LogP) is 1.85. The number of benzene rings is 1. The second-order valence-corrected chi connectivity index (χ2v) is 6.74. The molecule has 0 atom stereocenters. The van der Waals surface area contributed by atoms with Crippen molar-refractivity contribution in [3.05, 3.63) is 52.9 Å². The molecule has 1 amide bonds. The Labute approximate surface area is 164 Å². The Kier molecular flexibility index (Phi) is 7.38. The van der Waals surface area contributed by atoms with Gasteiger partial charge in [-0.3, -0.25) is 9.69 Å². The van der Waals surface area contributed by atoms with E-state index in [4.69, 9.17) is 16.3 Å². The van der Waals surface area contributed by atoms with E-state index in [0.717, 1.165) is 44.3 Å². The largest absolute Gasteiger partial charge is 0.379 e. The molecule has 27 heavy (non-hydrogen) atoms. The lowest BCUT2D eigenvalue weighted by molar-refractivity contribution is 0.0383. The molecule has 1 aliphatic heterocycles. The van der Waals surface area contributed by atoms with Gasteiger partial charge >= 0.3 is 0 Å². The molecule has 7 nitrogen and oxygen atoms in total. The first kappa shape index (κ1) is 19.5. The Bertz CT molecular complexity index is 735. The number of carbonyl (C=O) groups is 1. The van der Waals surface area contributed by atoms with Crippen molar-refractivity contribution in [2.75, 3.05) is 51.3 Å². The monoisotopic (exact) mass is 389 g/mol. The molecule has 0 aliphatic carbocycles. The molecule has 0 bridgehead atoms. The van der Waals surface area contributed by atoms with Crippen LogP contribution in [0, 0.1) is 0 Å². The summed E-state index contributed by atoms with van der Waals surface area (Å²) in [5, 5.41) is 6.86. The maximum Gasteiger partial charge on any atom is 0.270 e. The number of anilines is 1. The van der Waals surface area contributed by atoms with Crippen LogP contribution in [0.2, 0.25) is 5.02 Å². The van der Waals surface area contributed by atoms with Crippen LogP contribution in [0.25, 0.3) is 0 Å². The minimum Gasteiger partial charge on any atom is -0.379 e. The summed E-state index contributed by atoms with van der Waals surface area (Å²) in [6, 6.07) is 9.42. The van der Waals surface area contributed by atoms with E-state index < -0.39 is 0 Å². The highest BCUT2D eigenvalue weighted by Gasteiger charge is 2.12. The molecule has 1 aromatic heterocycles. The number of nitrogens with zero attached hydrogens (tertiary/aromatic N) is 3. The van der Waals surface area contributed by atoms with Gasteiger partial charge in [0.2, 0.25) is 0 Å². The molecule has 0 unspecified atom stereocenters. The number of halogens is 1. The number of aromatic nitrogens is 2. The molecule has 1 saturated heterocycles. The van der Waals surface area contributed by atoms with Gasteiger partial charge in [-0.1, -0.05) is 23.7 Å². The van der Waals surface area contributed by atoms with Crippen molar-refractivity contribution in [2.45, 2.75) is 6.42 Å². The van der Waals surface area contributed by atoms with Gasteiger partial charge in [-0.15, -0.1) is 0 Å². The van der Waals surface area contributed by atoms with E-state index in [0.29, 0.717) is 24.6 Å². The van der Waals surface area contributed by atoms with Crippen LogP contribution >= 0.6 is 11.6 Å². The highest BCUT2D eigenvalue weighted by molar-refractivity contribution is 6.30. The van der Waals surface area contributed by atoms with Crippen LogP contribution in [0.3, 0.4) is 0 Å². The van der Waals surface area contributed by atoms with E-state index in [2.05, 4.69) is 25.5 Å². The van der Waals surface area contributed by atoms with E-state index in [-0.39, 0.29) is 5.91 Å². The molecular weight excluding hydrogens is 366 g/mol. The number of hydrogen-bond donors (Lipinski definition) is 2. The molecule has 1 fully saturated rings. The number of nitrogens with one attached hydrogen (secondary N) is 2. The van der Waals surface area contributed by atoms with Gasteiger partial charge in [-0.2, -0.15) is 0 Å². The Morgan fingerprint density at radius 3 is 2.70 bits per heavy atom. The van der Waals surface area contributed by atoms with Gasteiger partial charge in [-0.05, 0) is 24.1 Å². The van der Waals surface area contributed by atoms with Gasteiger partial charge in [0.05, 0.1) is 13.2 Å². The molecule has 1 aromatic carbocycles. The Balaban J connectivity index is 1.43. The van der Waals surface area contributed by atoms with Crippen LogP contribution in [-0.2, 0) is 11.2 Å². The average molecular weight is 390 g/mol. The van der Waals surface area contributed by atoms with Crippen LogP contribution in [0.15, 0.2) is 36.7 Å². The normalized spacial score (nSPS) is 14.7. The van der Waals surface area contributed by atoms with E-state index in [1.165, 1.54) is 11.9 Å². The molecule has 3 rings (SSSR count). The number of amides is 1. The SMILES string of the molecule is O=C(NCCN1CCOCC1)c1cc(NCCc2ccc(Cl)cc2)ncn1. The summed E-state index contributed by atoms with van der Waals surface area (Å²) in [4.78, 5) is 22.8. The van der Waals surface area contributed by atoms with Crippen molar-refractivity contribution in [1.82, 2.24) is 20.2 Å².